The van der Waals surface area contributed by atoms with Crippen molar-refractivity contribution < 1.29 is 9.59 Å². The number of nitrogens with zero attached hydrogens (tertiary/aromatic N) is 2. The highest BCUT2D eigenvalue weighted by Gasteiger charge is 2.41. The molecule has 0 aromatic carbocycles. The van der Waals surface area contributed by atoms with E-state index < -0.39 is 5.54 Å². The number of nitrogens with one attached hydrogen (secondary N) is 1. The van der Waals surface area contributed by atoms with E-state index in [2.05, 4.69) is 10.3 Å². The Hall–Kier alpha value is -1.43. The van der Waals surface area contributed by atoms with Crippen LogP contribution in [0.4, 0.5) is 0 Å². The molecule has 1 fully saturated rings. The van der Waals surface area contributed by atoms with E-state index in [1.807, 2.05) is 0 Å². The van der Waals surface area contributed by atoms with Gasteiger partial charge in [-0.1, -0.05) is 0 Å². The van der Waals surface area contributed by atoms with Gasteiger partial charge in [-0.3, -0.25) is 9.59 Å². The molecule has 0 radical (unpaired) electrons. The van der Waals surface area contributed by atoms with E-state index >= 15 is 0 Å². The lowest BCUT2D eigenvalue weighted by Crippen LogP contribution is -2.63. The molecule has 0 unspecified atom stereocenters. The summed E-state index contributed by atoms with van der Waals surface area (Å²) in [5.41, 5.74) is 1.58. The molecule has 0 spiro atoms. The molecule has 17 heavy (non-hydrogen) atoms. The highest BCUT2D eigenvalue weighted by molar-refractivity contribution is 7.11. The molecule has 2 amide bonds. The van der Waals surface area contributed by atoms with Gasteiger partial charge in [0.2, 0.25) is 5.91 Å². The van der Waals surface area contributed by atoms with E-state index in [9.17, 15) is 9.59 Å². The molecule has 1 aromatic heterocycles. The Kier molecular flexibility index (Phi) is 2.91. The zero-order chi connectivity index (χ0) is 12.6. The second-order valence-corrected chi connectivity index (χ2v) is 5.39. The number of rotatable bonds is 1. The van der Waals surface area contributed by atoms with Gasteiger partial charge in [-0.25, -0.2) is 4.98 Å². The predicted molar refractivity (Wildman–Crippen MR) is 65.0 cm³/mol. The fraction of sp³-hybridized carbons (Fsp3) is 0.545. The Morgan fingerprint density at radius 2 is 2.29 bits per heavy atom. The van der Waals surface area contributed by atoms with Crippen molar-refractivity contribution in [3.8, 4) is 0 Å². The number of amides is 2. The highest BCUT2D eigenvalue weighted by atomic mass is 32.1. The lowest BCUT2D eigenvalue weighted by atomic mass is 9.98. The summed E-state index contributed by atoms with van der Waals surface area (Å²) < 4.78 is 0. The van der Waals surface area contributed by atoms with Gasteiger partial charge in [0.05, 0.1) is 11.2 Å². The van der Waals surface area contributed by atoms with Gasteiger partial charge < -0.3 is 10.2 Å². The van der Waals surface area contributed by atoms with Crippen LogP contribution in [0.5, 0.6) is 0 Å². The zero-order valence-electron chi connectivity index (χ0n) is 10.1. The van der Waals surface area contributed by atoms with Gasteiger partial charge in [-0.2, -0.15) is 0 Å². The Morgan fingerprint density at radius 1 is 1.59 bits per heavy atom. The molecule has 0 saturated carbocycles. The molecule has 1 N–H and O–H groups in total. The minimum Gasteiger partial charge on any atom is -0.352 e. The van der Waals surface area contributed by atoms with E-state index in [0.29, 0.717) is 18.0 Å². The normalized spacial score (nSPS) is 19.0. The number of thiazole rings is 1. The molecule has 2 heterocycles. The molecule has 0 aliphatic carbocycles. The van der Waals surface area contributed by atoms with E-state index in [0.717, 1.165) is 5.69 Å². The number of hydrogen-bond donors (Lipinski definition) is 1. The molecule has 92 valence electrons. The van der Waals surface area contributed by atoms with Crippen LogP contribution in [-0.2, 0) is 4.79 Å². The third kappa shape index (κ3) is 1.93. The lowest BCUT2D eigenvalue weighted by Gasteiger charge is -2.40. The average molecular weight is 253 g/mol. The summed E-state index contributed by atoms with van der Waals surface area (Å²) in [7, 11) is 0. The standard InChI is InChI=1S/C11H15N3O2S/c1-7-8(17-6-13-7)9(15)14-5-4-12-10(16)11(14,2)3/h6H,4-5H2,1-3H3,(H,12,16). The summed E-state index contributed by atoms with van der Waals surface area (Å²) in [5, 5.41) is 2.77. The summed E-state index contributed by atoms with van der Waals surface area (Å²) in [6, 6.07) is 0. The molecule has 1 aliphatic rings. The maximum Gasteiger partial charge on any atom is 0.266 e. The van der Waals surface area contributed by atoms with Crippen LogP contribution in [0, 0.1) is 6.92 Å². The van der Waals surface area contributed by atoms with E-state index in [1.165, 1.54) is 11.3 Å². The maximum absolute atomic E-state index is 12.4. The highest BCUT2D eigenvalue weighted by Crippen LogP contribution is 2.23. The van der Waals surface area contributed by atoms with Crippen LogP contribution in [0.15, 0.2) is 5.51 Å². The summed E-state index contributed by atoms with van der Waals surface area (Å²) in [6.45, 7) is 6.37. The van der Waals surface area contributed by atoms with Gasteiger partial charge in [-0.05, 0) is 20.8 Å². The van der Waals surface area contributed by atoms with Crippen molar-refractivity contribution in [3.63, 3.8) is 0 Å². The molecule has 0 bridgehead atoms. The fourth-order valence-corrected chi connectivity index (χ4v) is 2.64. The lowest BCUT2D eigenvalue weighted by molar-refractivity contribution is -0.133. The Labute approximate surface area is 104 Å². The quantitative estimate of drug-likeness (QED) is 0.805. The SMILES string of the molecule is Cc1ncsc1C(=O)N1CCNC(=O)C1(C)C. The number of piperazine rings is 1. The Morgan fingerprint density at radius 3 is 2.88 bits per heavy atom. The molecule has 5 nitrogen and oxygen atoms in total. The summed E-state index contributed by atoms with van der Waals surface area (Å²) in [5.74, 6) is -0.218. The summed E-state index contributed by atoms with van der Waals surface area (Å²) >= 11 is 1.32. The van der Waals surface area contributed by atoms with Crippen LogP contribution >= 0.6 is 11.3 Å². The first kappa shape index (κ1) is 12.0. The molecule has 2 rings (SSSR count). The molecule has 0 atom stereocenters. The van der Waals surface area contributed by atoms with Gasteiger partial charge >= 0.3 is 0 Å². The van der Waals surface area contributed by atoms with Gasteiger partial charge in [0, 0.05) is 13.1 Å². The number of aromatic nitrogens is 1. The largest absolute Gasteiger partial charge is 0.352 e. The molecular formula is C11H15N3O2S. The van der Waals surface area contributed by atoms with Crippen molar-refractivity contribution in [1.82, 2.24) is 15.2 Å². The van der Waals surface area contributed by atoms with Crippen molar-refractivity contribution in [3.05, 3.63) is 16.1 Å². The smallest absolute Gasteiger partial charge is 0.266 e. The second-order valence-electron chi connectivity index (χ2n) is 4.54. The average Bonchev–Trinajstić information content (AvgIpc) is 2.68. The van der Waals surface area contributed by atoms with Gasteiger partial charge in [-0.15, -0.1) is 11.3 Å². The van der Waals surface area contributed by atoms with E-state index in [-0.39, 0.29) is 11.8 Å². The van der Waals surface area contributed by atoms with Crippen molar-refractivity contribution in [2.75, 3.05) is 13.1 Å². The monoisotopic (exact) mass is 253 g/mol. The third-order valence-corrected chi connectivity index (χ3v) is 3.95. The van der Waals surface area contributed by atoms with Gasteiger partial charge in [0.15, 0.2) is 0 Å². The Bertz CT molecular complexity index is 467. The van der Waals surface area contributed by atoms with Crippen LogP contribution in [0.25, 0.3) is 0 Å². The zero-order valence-corrected chi connectivity index (χ0v) is 10.9. The predicted octanol–water partition coefficient (Wildman–Crippen LogP) is 0.802. The van der Waals surface area contributed by atoms with Gasteiger partial charge in [0.1, 0.15) is 10.4 Å². The molecule has 1 saturated heterocycles. The van der Waals surface area contributed by atoms with E-state index in [4.69, 9.17) is 0 Å². The molecule has 1 aliphatic heterocycles. The van der Waals surface area contributed by atoms with Crippen LogP contribution in [0.1, 0.15) is 29.2 Å². The minimum atomic E-state index is -0.800. The van der Waals surface area contributed by atoms with Crippen LogP contribution in [0.3, 0.4) is 0 Å². The number of hydrogen-bond acceptors (Lipinski definition) is 4. The summed E-state index contributed by atoms with van der Waals surface area (Å²) in [6.07, 6.45) is 0. The van der Waals surface area contributed by atoms with Crippen molar-refractivity contribution in [2.45, 2.75) is 26.3 Å². The third-order valence-electron chi connectivity index (χ3n) is 3.04. The first-order chi connectivity index (χ1) is 7.94. The van der Waals surface area contributed by atoms with E-state index in [1.54, 1.807) is 31.2 Å². The minimum absolute atomic E-state index is 0.107. The maximum atomic E-state index is 12.4. The Balaban J connectivity index is 2.31. The first-order valence-electron chi connectivity index (χ1n) is 5.45. The number of carbonyl (C=O) groups excluding carboxylic acids is 2. The molecular weight excluding hydrogens is 238 g/mol. The number of aryl methyl sites for hydroxylation is 1. The summed E-state index contributed by atoms with van der Waals surface area (Å²) in [4.78, 5) is 30.4. The van der Waals surface area contributed by atoms with Crippen molar-refractivity contribution in [1.29, 1.82) is 0 Å². The van der Waals surface area contributed by atoms with Crippen molar-refractivity contribution in [2.24, 2.45) is 0 Å². The number of carbonyl (C=O) groups is 2. The van der Waals surface area contributed by atoms with Crippen LogP contribution in [0.2, 0.25) is 0 Å². The van der Waals surface area contributed by atoms with Crippen LogP contribution in [-0.4, -0.2) is 40.3 Å². The molecule has 6 heteroatoms. The second kappa shape index (κ2) is 4.10. The van der Waals surface area contributed by atoms with Crippen LogP contribution < -0.4 is 5.32 Å². The van der Waals surface area contributed by atoms with Gasteiger partial charge in [0.25, 0.3) is 5.91 Å². The first-order valence-corrected chi connectivity index (χ1v) is 6.33. The topological polar surface area (TPSA) is 62.3 Å². The fourth-order valence-electron chi connectivity index (χ4n) is 1.88. The van der Waals surface area contributed by atoms with Crippen molar-refractivity contribution >= 4 is 23.2 Å². The molecule has 1 aromatic rings.